The first-order valence-corrected chi connectivity index (χ1v) is 7.16. The second-order valence-corrected chi connectivity index (χ2v) is 5.62. The van der Waals surface area contributed by atoms with E-state index in [1.54, 1.807) is 0 Å². The number of rotatable bonds is 3. The Morgan fingerprint density at radius 3 is 2.90 bits per heavy atom. The average Bonchev–Trinajstić information content (AvgIpc) is 2.90. The van der Waals surface area contributed by atoms with Crippen LogP contribution >= 0.6 is 0 Å². The summed E-state index contributed by atoms with van der Waals surface area (Å²) < 4.78 is 32.4. The third kappa shape index (κ3) is 2.52. The largest absolute Gasteiger partial charge is 0.491 e. The first kappa shape index (κ1) is 13.8. The van der Waals surface area contributed by atoms with Gasteiger partial charge in [0.15, 0.2) is 17.4 Å². The molecule has 0 unspecified atom stereocenters. The van der Waals surface area contributed by atoms with E-state index in [0.29, 0.717) is 18.2 Å². The minimum Gasteiger partial charge on any atom is -0.491 e. The molecule has 0 saturated carbocycles. The van der Waals surface area contributed by atoms with Crippen LogP contribution in [-0.2, 0) is 6.54 Å². The third-order valence-electron chi connectivity index (χ3n) is 4.40. The summed E-state index contributed by atoms with van der Waals surface area (Å²) in [6.45, 7) is 4.67. The van der Waals surface area contributed by atoms with Crippen molar-refractivity contribution in [1.82, 2.24) is 9.80 Å². The summed E-state index contributed by atoms with van der Waals surface area (Å²) in [6.07, 6.45) is 2.49. The van der Waals surface area contributed by atoms with Gasteiger partial charge < -0.3 is 4.74 Å². The lowest BCUT2D eigenvalue weighted by Gasteiger charge is -2.37. The maximum absolute atomic E-state index is 14.2. The normalized spacial score (nSPS) is 23.9. The van der Waals surface area contributed by atoms with Crippen molar-refractivity contribution in [2.75, 3.05) is 33.3 Å². The Hall–Kier alpha value is -1.20. The van der Waals surface area contributed by atoms with E-state index < -0.39 is 11.6 Å². The molecule has 0 aromatic heterocycles. The van der Waals surface area contributed by atoms with E-state index in [-0.39, 0.29) is 5.75 Å². The number of ether oxygens (including phenoxy) is 1. The van der Waals surface area contributed by atoms with Gasteiger partial charge in [0.05, 0.1) is 7.11 Å². The van der Waals surface area contributed by atoms with Crippen LogP contribution in [0.25, 0.3) is 0 Å². The highest BCUT2D eigenvalue weighted by Crippen LogP contribution is 2.27. The zero-order valence-corrected chi connectivity index (χ0v) is 11.7. The molecule has 3 nitrogen and oxygen atoms in total. The number of halogens is 2. The van der Waals surface area contributed by atoms with Gasteiger partial charge in [-0.05, 0) is 25.5 Å². The molecule has 3 rings (SSSR count). The van der Waals surface area contributed by atoms with Crippen LogP contribution in [0.2, 0.25) is 0 Å². The van der Waals surface area contributed by atoms with Gasteiger partial charge in [0.25, 0.3) is 0 Å². The second kappa shape index (κ2) is 5.66. The Bertz CT molecular complexity index is 495. The Morgan fingerprint density at radius 1 is 1.25 bits per heavy atom. The summed E-state index contributed by atoms with van der Waals surface area (Å²) in [7, 11) is 1.29. The predicted octanol–water partition coefficient (Wildman–Crippen LogP) is 2.25. The van der Waals surface area contributed by atoms with Crippen LogP contribution in [0.1, 0.15) is 18.4 Å². The molecule has 5 heteroatoms. The molecule has 2 aliphatic rings. The van der Waals surface area contributed by atoms with Crippen LogP contribution in [-0.4, -0.2) is 49.1 Å². The lowest BCUT2D eigenvalue weighted by molar-refractivity contribution is 0.0983. The number of methoxy groups -OCH3 is 1. The van der Waals surface area contributed by atoms with Crippen LogP contribution in [0.3, 0.4) is 0 Å². The number of benzene rings is 1. The summed E-state index contributed by atoms with van der Waals surface area (Å²) in [5, 5.41) is 0. The minimum atomic E-state index is -0.644. The molecule has 2 saturated heterocycles. The van der Waals surface area contributed by atoms with Crippen LogP contribution in [0.15, 0.2) is 12.1 Å². The van der Waals surface area contributed by atoms with E-state index in [2.05, 4.69) is 9.80 Å². The Kier molecular flexibility index (Phi) is 3.89. The van der Waals surface area contributed by atoms with E-state index in [4.69, 9.17) is 4.74 Å². The van der Waals surface area contributed by atoms with Gasteiger partial charge in [-0.15, -0.1) is 0 Å². The lowest BCUT2D eigenvalue weighted by atomic mass is 10.1. The summed E-state index contributed by atoms with van der Waals surface area (Å²) in [4.78, 5) is 4.76. The molecule has 0 aliphatic carbocycles. The van der Waals surface area contributed by atoms with Crippen LogP contribution < -0.4 is 4.74 Å². The number of nitrogens with zero attached hydrogens (tertiary/aromatic N) is 2. The average molecular weight is 282 g/mol. The SMILES string of the molecule is COc1c(F)ccc(CN2CCN3CCC[C@@H]3C2)c1F. The van der Waals surface area contributed by atoms with Crippen molar-refractivity contribution in [2.24, 2.45) is 0 Å². The fourth-order valence-corrected chi connectivity index (χ4v) is 3.32. The molecule has 0 radical (unpaired) electrons. The van der Waals surface area contributed by atoms with Gasteiger partial charge >= 0.3 is 0 Å². The predicted molar refractivity (Wildman–Crippen MR) is 72.8 cm³/mol. The van der Waals surface area contributed by atoms with E-state index in [9.17, 15) is 8.78 Å². The highest BCUT2D eigenvalue weighted by Gasteiger charge is 2.30. The van der Waals surface area contributed by atoms with E-state index in [0.717, 1.165) is 19.6 Å². The van der Waals surface area contributed by atoms with Gasteiger partial charge in [-0.3, -0.25) is 9.80 Å². The maximum Gasteiger partial charge on any atom is 0.190 e. The van der Waals surface area contributed by atoms with Gasteiger partial charge in [-0.25, -0.2) is 8.78 Å². The molecule has 1 atom stereocenters. The van der Waals surface area contributed by atoms with E-state index in [1.165, 1.54) is 38.6 Å². The van der Waals surface area contributed by atoms with Crippen molar-refractivity contribution in [3.63, 3.8) is 0 Å². The second-order valence-electron chi connectivity index (χ2n) is 5.62. The molecule has 0 spiro atoms. The smallest absolute Gasteiger partial charge is 0.190 e. The molecule has 2 heterocycles. The van der Waals surface area contributed by atoms with Crippen molar-refractivity contribution < 1.29 is 13.5 Å². The fraction of sp³-hybridized carbons (Fsp3) is 0.600. The molecular formula is C15H20F2N2O. The first-order chi connectivity index (χ1) is 9.69. The van der Waals surface area contributed by atoms with Crippen molar-refractivity contribution >= 4 is 0 Å². The highest BCUT2D eigenvalue weighted by atomic mass is 19.1. The summed E-state index contributed by atoms with van der Waals surface area (Å²) in [5.74, 6) is -1.49. The Balaban J connectivity index is 1.72. The molecule has 2 aliphatic heterocycles. The first-order valence-electron chi connectivity index (χ1n) is 7.16. The van der Waals surface area contributed by atoms with Crippen LogP contribution in [0, 0.1) is 11.6 Å². The monoisotopic (exact) mass is 282 g/mol. The third-order valence-corrected chi connectivity index (χ3v) is 4.40. The number of hydrogen-bond acceptors (Lipinski definition) is 3. The van der Waals surface area contributed by atoms with E-state index >= 15 is 0 Å². The summed E-state index contributed by atoms with van der Waals surface area (Å²) in [6, 6.07) is 3.41. The number of piperazine rings is 1. The number of fused-ring (bicyclic) bond motifs is 1. The Labute approximate surface area is 118 Å². The van der Waals surface area contributed by atoms with Crippen LogP contribution in [0.5, 0.6) is 5.75 Å². The molecule has 1 aromatic rings. The van der Waals surface area contributed by atoms with Crippen LogP contribution in [0.4, 0.5) is 8.78 Å². The Morgan fingerprint density at radius 2 is 2.10 bits per heavy atom. The zero-order valence-electron chi connectivity index (χ0n) is 11.7. The van der Waals surface area contributed by atoms with Gasteiger partial charge in [-0.1, -0.05) is 6.07 Å². The van der Waals surface area contributed by atoms with E-state index in [1.807, 2.05) is 0 Å². The molecule has 110 valence electrons. The summed E-state index contributed by atoms with van der Waals surface area (Å²) >= 11 is 0. The topological polar surface area (TPSA) is 15.7 Å². The molecule has 2 fully saturated rings. The van der Waals surface area contributed by atoms with Crippen molar-refractivity contribution in [2.45, 2.75) is 25.4 Å². The zero-order chi connectivity index (χ0) is 14.1. The van der Waals surface area contributed by atoms with Crippen molar-refractivity contribution in [3.8, 4) is 5.75 Å². The maximum atomic E-state index is 14.2. The molecule has 0 N–H and O–H groups in total. The van der Waals surface area contributed by atoms with Gasteiger partial charge in [-0.2, -0.15) is 0 Å². The molecular weight excluding hydrogens is 262 g/mol. The number of hydrogen-bond donors (Lipinski definition) is 0. The lowest BCUT2D eigenvalue weighted by Crippen LogP contribution is -2.49. The molecule has 1 aromatic carbocycles. The molecule has 0 bridgehead atoms. The van der Waals surface area contributed by atoms with Gasteiger partial charge in [0.2, 0.25) is 0 Å². The van der Waals surface area contributed by atoms with Gasteiger partial charge in [0, 0.05) is 37.8 Å². The fourth-order valence-electron chi connectivity index (χ4n) is 3.32. The van der Waals surface area contributed by atoms with Crippen molar-refractivity contribution in [1.29, 1.82) is 0 Å². The quantitative estimate of drug-likeness (QED) is 0.845. The van der Waals surface area contributed by atoms with Gasteiger partial charge in [0.1, 0.15) is 0 Å². The molecule has 0 amide bonds. The summed E-state index contributed by atoms with van der Waals surface area (Å²) in [5.41, 5.74) is 0.509. The molecule has 20 heavy (non-hydrogen) atoms. The standard InChI is InChI=1S/C15H20F2N2O/c1-20-15-13(16)5-4-11(14(15)17)9-18-7-8-19-6-2-3-12(19)10-18/h4-5,12H,2-3,6-10H2,1H3/t12-/m1/s1. The minimum absolute atomic E-state index is 0.276. The van der Waals surface area contributed by atoms with Crippen molar-refractivity contribution in [3.05, 3.63) is 29.3 Å². The highest BCUT2D eigenvalue weighted by molar-refractivity contribution is 5.32.